The van der Waals surface area contributed by atoms with Crippen LogP contribution < -0.4 is 10.2 Å². The van der Waals surface area contributed by atoms with Gasteiger partial charge in [-0.1, -0.05) is 18.2 Å². The Bertz CT molecular complexity index is 814. The van der Waals surface area contributed by atoms with Crippen LogP contribution >= 0.6 is 0 Å². The van der Waals surface area contributed by atoms with Crippen LogP contribution in [0, 0.1) is 0 Å². The van der Waals surface area contributed by atoms with Gasteiger partial charge in [0.1, 0.15) is 5.69 Å². The fraction of sp³-hybridized carbons (Fsp3) is 0.316. The third-order valence-electron chi connectivity index (χ3n) is 4.58. The summed E-state index contributed by atoms with van der Waals surface area (Å²) in [5.41, 5.74) is 2.93. The van der Waals surface area contributed by atoms with Crippen molar-refractivity contribution in [1.82, 2.24) is 10.3 Å². The van der Waals surface area contributed by atoms with Gasteiger partial charge in [0.05, 0.1) is 0 Å². The molecule has 1 aliphatic heterocycles. The monoisotopic (exact) mass is 321 g/mol. The van der Waals surface area contributed by atoms with Crippen LogP contribution in [0.25, 0.3) is 0 Å². The molecule has 5 heteroatoms. The van der Waals surface area contributed by atoms with Crippen molar-refractivity contribution in [1.29, 1.82) is 0 Å². The molecule has 24 heavy (non-hydrogen) atoms. The predicted molar refractivity (Wildman–Crippen MR) is 91.1 cm³/mol. The highest BCUT2D eigenvalue weighted by atomic mass is 16.2. The summed E-state index contributed by atoms with van der Waals surface area (Å²) >= 11 is 0. The van der Waals surface area contributed by atoms with Gasteiger partial charge in [-0.25, -0.2) is 0 Å². The normalized spacial score (nSPS) is 19.0. The summed E-state index contributed by atoms with van der Waals surface area (Å²) in [6.07, 6.45) is 4.42. The molecule has 1 unspecified atom stereocenters. The van der Waals surface area contributed by atoms with Crippen LogP contribution in [0.4, 0.5) is 5.69 Å². The first-order valence-corrected chi connectivity index (χ1v) is 8.32. The number of nitrogens with one attached hydrogen (secondary N) is 1. The SMILES string of the molecule is CC1Cc2ccccc2N1C(=O)c1ccnc(C(=O)NC2CC2)c1. The van der Waals surface area contributed by atoms with E-state index in [4.69, 9.17) is 0 Å². The van der Waals surface area contributed by atoms with E-state index in [1.54, 1.807) is 12.1 Å². The zero-order valence-corrected chi connectivity index (χ0v) is 13.5. The van der Waals surface area contributed by atoms with Crippen LogP contribution in [0.2, 0.25) is 0 Å². The second-order valence-corrected chi connectivity index (χ2v) is 6.53. The van der Waals surface area contributed by atoms with Gasteiger partial charge in [-0.15, -0.1) is 0 Å². The van der Waals surface area contributed by atoms with Gasteiger partial charge >= 0.3 is 0 Å². The van der Waals surface area contributed by atoms with Crippen molar-refractivity contribution >= 4 is 17.5 Å². The van der Waals surface area contributed by atoms with E-state index >= 15 is 0 Å². The fourth-order valence-corrected chi connectivity index (χ4v) is 3.19. The summed E-state index contributed by atoms with van der Waals surface area (Å²) < 4.78 is 0. The Balaban J connectivity index is 1.61. The van der Waals surface area contributed by atoms with Crippen LogP contribution in [0.15, 0.2) is 42.6 Å². The summed E-state index contributed by atoms with van der Waals surface area (Å²) in [6.45, 7) is 2.04. The van der Waals surface area contributed by atoms with E-state index in [1.807, 2.05) is 30.0 Å². The molecule has 0 saturated heterocycles. The van der Waals surface area contributed by atoms with Gasteiger partial charge in [0.15, 0.2) is 0 Å². The Morgan fingerprint density at radius 2 is 2.00 bits per heavy atom. The first kappa shape index (κ1) is 14.9. The molecule has 4 rings (SSSR count). The number of carbonyl (C=O) groups is 2. The molecule has 1 aromatic carbocycles. The molecule has 2 aromatic rings. The van der Waals surface area contributed by atoms with E-state index in [9.17, 15) is 9.59 Å². The largest absolute Gasteiger partial charge is 0.348 e. The summed E-state index contributed by atoms with van der Waals surface area (Å²) in [5.74, 6) is -0.294. The molecule has 2 heterocycles. The standard InChI is InChI=1S/C19H19N3O2/c1-12-10-13-4-2-3-5-17(13)22(12)19(24)14-8-9-20-16(11-14)18(23)21-15-6-7-15/h2-5,8-9,11-12,15H,6-7,10H2,1H3,(H,21,23). The molecule has 1 N–H and O–H groups in total. The maximum absolute atomic E-state index is 13.0. The molecule has 122 valence electrons. The summed E-state index contributed by atoms with van der Waals surface area (Å²) in [6, 6.07) is 11.6. The third-order valence-corrected chi connectivity index (χ3v) is 4.58. The van der Waals surface area contributed by atoms with Crippen LogP contribution in [-0.4, -0.2) is 28.9 Å². The van der Waals surface area contributed by atoms with Gasteiger partial charge in [-0.2, -0.15) is 0 Å². The van der Waals surface area contributed by atoms with E-state index in [1.165, 1.54) is 11.8 Å². The van der Waals surface area contributed by atoms with Crippen molar-refractivity contribution in [2.24, 2.45) is 0 Å². The van der Waals surface area contributed by atoms with Gasteiger partial charge in [-0.3, -0.25) is 14.6 Å². The number of rotatable bonds is 3. The Morgan fingerprint density at radius 3 is 2.79 bits per heavy atom. The number of pyridine rings is 1. The van der Waals surface area contributed by atoms with Crippen molar-refractivity contribution in [2.45, 2.75) is 38.3 Å². The number of fused-ring (bicyclic) bond motifs is 1. The summed E-state index contributed by atoms with van der Waals surface area (Å²) in [7, 11) is 0. The average Bonchev–Trinajstić information content (AvgIpc) is 3.34. The van der Waals surface area contributed by atoms with E-state index < -0.39 is 0 Å². The fourth-order valence-electron chi connectivity index (χ4n) is 3.19. The molecule has 1 fully saturated rings. The van der Waals surface area contributed by atoms with E-state index in [-0.39, 0.29) is 23.9 Å². The molecule has 0 radical (unpaired) electrons. The van der Waals surface area contributed by atoms with Gasteiger partial charge < -0.3 is 10.2 Å². The maximum Gasteiger partial charge on any atom is 0.270 e. The number of carbonyl (C=O) groups excluding carboxylic acids is 2. The van der Waals surface area contributed by atoms with Gasteiger partial charge in [0, 0.05) is 29.5 Å². The minimum absolute atomic E-state index is 0.0877. The van der Waals surface area contributed by atoms with Gasteiger partial charge in [-0.05, 0) is 49.9 Å². The smallest absolute Gasteiger partial charge is 0.270 e. The Hall–Kier alpha value is -2.69. The van der Waals surface area contributed by atoms with E-state index in [0.717, 1.165) is 24.9 Å². The highest BCUT2D eigenvalue weighted by Gasteiger charge is 2.31. The molecular formula is C19H19N3O2. The quantitative estimate of drug-likeness (QED) is 0.945. The zero-order valence-electron chi connectivity index (χ0n) is 13.5. The van der Waals surface area contributed by atoms with Crippen molar-refractivity contribution in [3.63, 3.8) is 0 Å². The van der Waals surface area contributed by atoms with Gasteiger partial charge in [0.25, 0.3) is 11.8 Å². The summed E-state index contributed by atoms with van der Waals surface area (Å²) in [4.78, 5) is 31.1. The number of para-hydroxylation sites is 1. The van der Waals surface area contributed by atoms with Crippen molar-refractivity contribution in [2.75, 3.05) is 4.90 Å². The molecular weight excluding hydrogens is 302 g/mol. The molecule has 1 aromatic heterocycles. The molecule has 2 aliphatic rings. The number of hydrogen-bond acceptors (Lipinski definition) is 3. The molecule has 0 spiro atoms. The third kappa shape index (κ3) is 2.66. The lowest BCUT2D eigenvalue weighted by Gasteiger charge is -2.23. The van der Waals surface area contributed by atoms with Crippen molar-refractivity contribution < 1.29 is 9.59 Å². The minimum Gasteiger partial charge on any atom is -0.348 e. The van der Waals surface area contributed by atoms with Crippen LogP contribution in [-0.2, 0) is 6.42 Å². The van der Waals surface area contributed by atoms with Crippen molar-refractivity contribution in [3.05, 3.63) is 59.4 Å². The number of nitrogens with zero attached hydrogens (tertiary/aromatic N) is 2. The summed E-state index contributed by atoms with van der Waals surface area (Å²) in [5, 5.41) is 2.90. The Kier molecular flexibility index (Phi) is 3.56. The maximum atomic E-state index is 13.0. The van der Waals surface area contributed by atoms with Gasteiger partial charge in [0.2, 0.25) is 0 Å². The molecule has 1 aliphatic carbocycles. The number of benzene rings is 1. The zero-order chi connectivity index (χ0) is 16.7. The minimum atomic E-state index is -0.206. The Labute approximate surface area is 140 Å². The topological polar surface area (TPSA) is 62.3 Å². The number of hydrogen-bond donors (Lipinski definition) is 1. The lowest BCUT2D eigenvalue weighted by atomic mass is 10.1. The number of anilines is 1. The predicted octanol–water partition coefficient (Wildman–Crippen LogP) is 2.57. The Morgan fingerprint density at radius 1 is 1.21 bits per heavy atom. The molecule has 1 atom stereocenters. The molecule has 5 nitrogen and oxygen atoms in total. The van der Waals surface area contributed by atoms with Crippen LogP contribution in [0.3, 0.4) is 0 Å². The number of aromatic nitrogens is 1. The van der Waals surface area contributed by atoms with Crippen LogP contribution in [0.5, 0.6) is 0 Å². The van der Waals surface area contributed by atoms with E-state index in [2.05, 4.69) is 16.4 Å². The van der Waals surface area contributed by atoms with Crippen molar-refractivity contribution in [3.8, 4) is 0 Å². The lowest BCUT2D eigenvalue weighted by molar-refractivity contribution is 0.0946. The van der Waals surface area contributed by atoms with Crippen LogP contribution in [0.1, 0.15) is 46.2 Å². The highest BCUT2D eigenvalue weighted by molar-refractivity contribution is 6.08. The first-order chi connectivity index (χ1) is 11.6. The number of amides is 2. The second kappa shape index (κ2) is 5.74. The highest BCUT2D eigenvalue weighted by Crippen LogP contribution is 2.33. The average molecular weight is 321 g/mol. The van der Waals surface area contributed by atoms with E-state index in [0.29, 0.717) is 11.3 Å². The second-order valence-electron chi connectivity index (χ2n) is 6.53. The lowest BCUT2D eigenvalue weighted by Crippen LogP contribution is -2.36. The molecule has 2 amide bonds. The molecule has 0 bridgehead atoms. The molecule has 1 saturated carbocycles. The first-order valence-electron chi connectivity index (χ1n) is 8.32.